The first-order valence-electron chi connectivity index (χ1n) is 6.03. The van der Waals surface area contributed by atoms with E-state index in [2.05, 4.69) is 15.7 Å². The maximum absolute atomic E-state index is 11.9. The molecule has 8 heteroatoms. The van der Waals surface area contributed by atoms with Gasteiger partial charge in [0.1, 0.15) is 6.54 Å². The molecule has 2 amide bonds. The zero-order valence-corrected chi connectivity index (χ0v) is 13.0. The Morgan fingerprint density at radius 2 is 2.05 bits per heavy atom. The van der Waals surface area contributed by atoms with Gasteiger partial charge in [-0.15, -0.1) is 12.4 Å². The number of likely N-dealkylation sites (N-methyl/N-ethyl adjacent to an activating group) is 1. The summed E-state index contributed by atoms with van der Waals surface area (Å²) < 4.78 is 1.44. The predicted molar refractivity (Wildman–Crippen MR) is 79.6 cm³/mol. The quantitative estimate of drug-likeness (QED) is 0.747. The molecule has 114 valence electrons. The molecular formula is C12H22ClN5O2. The predicted octanol–water partition coefficient (Wildman–Crippen LogP) is 0.363. The molecule has 0 aromatic carbocycles. The summed E-state index contributed by atoms with van der Waals surface area (Å²) in [6, 6.07) is -0.616. The number of carbonyl (C=O) groups is 2. The molecule has 0 aliphatic carbocycles. The van der Waals surface area contributed by atoms with Gasteiger partial charge < -0.3 is 16.4 Å². The molecule has 0 saturated heterocycles. The van der Waals surface area contributed by atoms with Gasteiger partial charge >= 0.3 is 0 Å². The maximum atomic E-state index is 11.9. The minimum Gasteiger partial charge on any atom is -0.358 e. The van der Waals surface area contributed by atoms with Crippen LogP contribution in [0, 0.1) is 5.41 Å². The SMILES string of the molecule is CNC(=O)Cn1cc(NC(=O)[C@@H](N)C(C)(C)C)cn1.Cl. The number of aromatic nitrogens is 2. The largest absolute Gasteiger partial charge is 0.358 e. The first-order valence-corrected chi connectivity index (χ1v) is 6.03. The number of halogens is 1. The van der Waals surface area contributed by atoms with E-state index < -0.39 is 6.04 Å². The molecule has 1 aromatic heterocycles. The summed E-state index contributed by atoms with van der Waals surface area (Å²) in [5.74, 6) is -0.431. The van der Waals surface area contributed by atoms with E-state index in [0.717, 1.165) is 0 Å². The summed E-state index contributed by atoms with van der Waals surface area (Å²) in [6.45, 7) is 5.79. The number of carbonyl (C=O) groups excluding carboxylic acids is 2. The van der Waals surface area contributed by atoms with Crippen molar-refractivity contribution in [1.82, 2.24) is 15.1 Å². The number of nitrogens with one attached hydrogen (secondary N) is 2. The second kappa shape index (κ2) is 7.25. The molecule has 20 heavy (non-hydrogen) atoms. The van der Waals surface area contributed by atoms with Crippen molar-refractivity contribution in [3.05, 3.63) is 12.4 Å². The van der Waals surface area contributed by atoms with E-state index in [1.807, 2.05) is 20.8 Å². The van der Waals surface area contributed by atoms with Gasteiger partial charge in [-0.3, -0.25) is 14.3 Å². The lowest BCUT2D eigenvalue weighted by molar-refractivity contribution is -0.121. The average Bonchev–Trinajstić information content (AvgIpc) is 2.73. The first-order chi connectivity index (χ1) is 8.74. The van der Waals surface area contributed by atoms with Crippen LogP contribution in [-0.2, 0) is 16.1 Å². The van der Waals surface area contributed by atoms with Crippen molar-refractivity contribution in [3.63, 3.8) is 0 Å². The highest BCUT2D eigenvalue weighted by Crippen LogP contribution is 2.18. The van der Waals surface area contributed by atoms with Crippen LogP contribution in [0.25, 0.3) is 0 Å². The lowest BCUT2D eigenvalue weighted by atomic mass is 9.87. The fourth-order valence-electron chi connectivity index (χ4n) is 1.35. The van der Waals surface area contributed by atoms with Gasteiger partial charge in [-0.2, -0.15) is 5.10 Å². The average molecular weight is 304 g/mol. The molecule has 0 aliphatic rings. The van der Waals surface area contributed by atoms with Gasteiger partial charge in [0.05, 0.1) is 17.9 Å². The van der Waals surface area contributed by atoms with Gasteiger partial charge in [0.2, 0.25) is 11.8 Å². The molecule has 0 aliphatic heterocycles. The van der Waals surface area contributed by atoms with Crippen LogP contribution in [0.2, 0.25) is 0 Å². The smallest absolute Gasteiger partial charge is 0.241 e. The van der Waals surface area contributed by atoms with Gasteiger partial charge in [-0.1, -0.05) is 20.8 Å². The van der Waals surface area contributed by atoms with Crippen molar-refractivity contribution >= 4 is 29.9 Å². The van der Waals surface area contributed by atoms with Crippen LogP contribution in [0.1, 0.15) is 20.8 Å². The van der Waals surface area contributed by atoms with Crippen LogP contribution in [-0.4, -0.2) is 34.7 Å². The van der Waals surface area contributed by atoms with Gasteiger partial charge in [-0.25, -0.2) is 0 Å². The number of hydrogen-bond donors (Lipinski definition) is 3. The third-order valence-electron chi connectivity index (χ3n) is 2.70. The third kappa shape index (κ3) is 5.18. The minimum absolute atomic E-state index is 0. The van der Waals surface area contributed by atoms with Crippen molar-refractivity contribution in [2.24, 2.45) is 11.1 Å². The second-order valence-corrected chi connectivity index (χ2v) is 5.43. The summed E-state index contributed by atoms with van der Waals surface area (Å²) in [5.41, 5.74) is 6.05. The molecule has 1 rings (SSSR count). The van der Waals surface area contributed by atoms with E-state index in [4.69, 9.17) is 5.73 Å². The van der Waals surface area contributed by atoms with E-state index in [0.29, 0.717) is 5.69 Å². The monoisotopic (exact) mass is 303 g/mol. The number of amides is 2. The van der Waals surface area contributed by atoms with Gasteiger partial charge in [0.25, 0.3) is 0 Å². The fourth-order valence-corrected chi connectivity index (χ4v) is 1.35. The molecule has 0 bridgehead atoms. The van der Waals surface area contributed by atoms with Gasteiger partial charge in [0.15, 0.2) is 0 Å². The van der Waals surface area contributed by atoms with Crippen LogP contribution in [0.4, 0.5) is 5.69 Å². The summed E-state index contributed by atoms with van der Waals surface area (Å²) in [7, 11) is 1.55. The second-order valence-electron chi connectivity index (χ2n) is 5.43. The molecule has 0 saturated carbocycles. The third-order valence-corrected chi connectivity index (χ3v) is 2.70. The Labute approximate surface area is 124 Å². The van der Waals surface area contributed by atoms with Crippen LogP contribution < -0.4 is 16.4 Å². The highest BCUT2D eigenvalue weighted by Gasteiger charge is 2.27. The molecule has 4 N–H and O–H groups in total. The lowest BCUT2D eigenvalue weighted by Crippen LogP contribution is -2.45. The minimum atomic E-state index is -0.616. The number of nitrogens with two attached hydrogens (primary N) is 1. The molecule has 0 spiro atoms. The number of rotatable bonds is 4. The van der Waals surface area contributed by atoms with E-state index in [1.165, 1.54) is 10.9 Å². The van der Waals surface area contributed by atoms with Crippen LogP contribution >= 0.6 is 12.4 Å². The Hall–Kier alpha value is -1.60. The van der Waals surface area contributed by atoms with E-state index in [1.54, 1.807) is 13.2 Å². The number of anilines is 1. The van der Waals surface area contributed by atoms with Crippen LogP contribution in [0.15, 0.2) is 12.4 Å². The van der Waals surface area contributed by atoms with Crippen molar-refractivity contribution in [2.75, 3.05) is 12.4 Å². The van der Waals surface area contributed by atoms with Crippen LogP contribution in [0.3, 0.4) is 0 Å². The molecule has 7 nitrogen and oxygen atoms in total. The first kappa shape index (κ1) is 18.4. The van der Waals surface area contributed by atoms with Crippen LogP contribution in [0.5, 0.6) is 0 Å². The van der Waals surface area contributed by atoms with Gasteiger partial charge in [-0.05, 0) is 5.41 Å². The standard InChI is InChI=1S/C12H21N5O2.ClH/c1-12(2,3)10(13)11(19)16-8-5-15-17(6-8)7-9(18)14-4;/h5-6,10H,7,13H2,1-4H3,(H,14,18)(H,16,19);1H/t10-;/m1./s1. The Bertz CT molecular complexity index is 467. The summed E-state index contributed by atoms with van der Waals surface area (Å²) in [5, 5.41) is 9.15. The lowest BCUT2D eigenvalue weighted by Gasteiger charge is -2.25. The number of nitrogens with zero attached hydrogens (tertiary/aromatic N) is 2. The van der Waals surface area contributed by atoms with Gasteiger partial charge in [0, 0.05) is 13.2 Å². The summed E-state index contributed by atoms with van der Waals surface area (Å²) >= 11 is 0. The molecular weight excluding hydrogens is 282 g/mol. The Balaban J connectivity index is 0.00000361. The van der Waals surface area contributed by atoms with E-state index in [9.17, 15) is 9.59 Å². The Morgan fingerprint density at radius 1 is 1.45 bits per heavy atom. The Morgan fingerprint density at radius 3 is 2.55 bits per heavy atom. The maximum Gasteiger partial charge on any atom is 0.241 e. The van der Waals surface area contributed by atoms with E-state index >= 15 is 0 Å². The zero-order valence-electron chi connectivity index (χ0n) is 12.1. The molecule has 0 unspecified atom stereocenters. The summed E-state index contributed by atoms with van der Waals surface area (Å²) in [4.78, 5) is 23.1. The number of hydrogen-bond acceptors (Lipinski definition) is 4. The van der Waals surface area contributed by atoms with Crippen molar-refractivity contribution < 1.29 is 9.59 Å². The molecule has 1 heterocycles. The topological polar surface area (TPSA) is 102 Å². The highest BCUT2D eigenvalue weighted by molar-refractivity contribution is 5.95. The normalized spacial score (nSPS) is 12.2. The van der Waals surface area contributed by atoms with Crippen molar-refractivity contribution in [3.8, 4) is 0 Å². The van der Waals surface area contributed by atoms with E-state index in [-0.39, 0.29) is 36.2 Å². The molecule has 1 atom stereocenters. The Kier molecular flexibility index (Phi) is 6.67. The summed E-state index contributed by atoms with van der Waals surface area (Å²) in [6.07, 6.45) is 3.07. The van der Waals surface area contributed by atoms with Crippen molar-refractivity contribution in [1.29, 1.82) is 0 Å². The van der Waals surface area contributed by atoms with Crippen molar-refractivity contribution in [2.45, 2.75) is 33.4 Å². The zero-order chi connectivity index (χ0) is 14.6. The molecule has 0 radical (unpaired) electrons. The molecule has 1 aromatic rings. The molecule has 0 fully saturated rings. The highest BCUT2D eigenvalue weighted by atomic mass is 35.5. The fraction of sp³-hybridized carbons (Fsp3) is 0.583.